The molecule has 1 saturated carbocycles. The lowest BCUT2D eigenvalue weighted by Crippen LogP contribution is -2.38. The summed E-state index contributed by atoms with van der Waals surface area (Å²) in [5.41, 5.74) is 8.02. The molecule has 4 rings (SSSR count). The van der Waals surface area contributed by atoms with Gasteiger partial charge >= 0.3 is 0 Å². The molecule has 106 valence electrons. The monoisotopic (exact) mass is 271 g/mol. The number of hydrogen-bond acceptors (Lipinski definition) is 3. The van der Waals surface area contributed by atoms with Crippen molar-refractivity contribution < 1.29 is 4.74 Å². The summed E-state index contributed by atoms with van der Waals surface area (Å²) in [6.07, 6.45) is 9.13. The molecule has 1 aromatic carbocycles. The summed E-state index contributed by atoms with van der Waals surface area (Å²) in [5, 5.41) is 5.79. The van der Waals surface area contributed by atoms with E-state index in [0.717, 1.165) is 30.7 Å². The van der Waals surface area contributed by atoms with E-state index in [0.29, 0.717) is 6.04 Å². The Morgan fingerprint density at radius 2 is 2.15 bits per heavy atom. The minimum atomic E-state index is 0.127. The summed E-state index contributed by atoms with van der Waals surface area (Å²) < 4.78 is 8.30. The highest BCUT2D eigenvalue weighted by atomic mass is 16.5. The van der Waals surface area contributed by atoms with Crippen LogP contribution in [0.4, 0.5) is 5.69 Å². The van der Waals surface area contributed by atoms with Gasteiger partial charge in [-0.1, -0.05) is 12.8 Å². The van der Waals surface area contributed by atoms with Crippen molar-refractivity contribution in [3.05, 3.63) is 24.4 Å². The van der Waals surface area contributed by atoms with Crippen molar-refractivity contribution in [1.82, 2.24) is 9.78 Å². The average Bonchev–Trinajstić information content (AvgIpc) is 3.06. The number of fused-ring (bicyclic) bond motifs is 1. The summed E-state index contributed by atoms with van der Waals surface area (Å²) in [7, 11) is 0. The van der Waals surface area contributed by atoms with E-state index in [4.69, 9.17) is 10.5 Å². The lowest BCUT2D eigenvalue weighted by atomic mass is 9.89. The molecule has 1 saturated heterocycles. The molecule has 1 unspecified atom stereocenters. The molecule has 1 aromatic heterocycles. The summed E-state index contributed by atoms with van der Waals surface area (Å²) in [4.78, 5) is 0. The van der Waals surface area contributed by atoms with Gasteiger partial charge in [-0.3, -0.25) is 4.68 Å². The molecule has 2 heterocycles. The van der Waals surface area contributed by atoms with Gasteiger partial charge in [0.1, 0.15) is 0 Å². The molecule has 4 nitrogen and oxygen atoms in total. The maximum Gasteiger partial charge on any atom is 0.0706 e. The molecule has 4 heteroatoms. The van der Waals surface area contributed by atoms with Crippen molar-refractivity contribution in [2.24, 2.45) is 0 Å². The molecule has 0 bridgehead atoms. The molecule has 2 N–H and O–H groups in total. The molecule has 20 heavy (non-hydrogen) atoms. The van der Waals surface area contributed by atoms with Crippen LogP contribution in [-0.4, -0.2) is 22.0 Å². The second kappa shape index (κ2) is 4.48. The molecule has 2 aliphatic rings. The van der Waals surface area contributed by atoms with Gasteiger partial charge in [0.05, 0.1) is 23.4 Å². The van der Waals surface area contributed by atoms with Crippen LogP contribution < -0.4 is 5.73 Å². The predicted molar refractivity (Wildman–Crippen MR) is 79.6 cm³/mol. The van der Waals surface area contributed by atoms with Crippen LogP contribution in [0.3, 0.4) is 0 Å². The van der Waals surface area contributed by atoms with E-state index in [2.05, 4.69) is 15.8 Å². The van der Waals surface area contributed by atoms with Crippen LogP contribution in [0.1, 0.15) is 44.6 Å². The molecular formula is C16H21N3O. The number of nitrogen functional groups attached to an aromatic ring is 1. The second-order valence-electron chi connectivity index (χ2n) is 6.29. The van der Waals surface area contributed by atoms with E-state index in [1.54, 1.807) is 0 Å². The fourth-order valence-corrected chi connectivity index (χ4v) is 3.92. The number of nitrogens with two attached hydrogens (primary N) is 1. The molecule has 1 aliphatic heterocycles. The van der Waals surface area contributed by atoms with Crippen LogP contribution in [0.5, 0.6) is 0 Å². The first kappa shape index (κ1) is 12.2. The van der Waals surface area contributed by atoms with Gasteiger partial charge in [-0.05, 0) is 43.9 Å². The fourth-order valence-electron chi connectivity index (χ4n) is 3.92. The zero-order valence-corrected chi connectivity index (χ0v) is 11.7. The Kier molecular flexibility index (Phi) is 2.74. The zero-order chi connectivity index (χ0) is 13.6. The Labute approximate surface area is 118 Å². The predicted octanol–water partition coefficient (Wildman–Crippen LogP) is 3.28. The second-order valence-corrected chi connectivity index (χ2v) is 6.29. The van der Waals surface area contributed by atoms with E-state index in [1.165, 1.54) is 31.1 Å². The highest BCUT2D eigenvalue weighted by Crippen LogP contribution is 2.44. The third-order valence-electron chi connectivity index (χ3n) is 4.95. The van der Waals surface area contributed by atoms with E-state index < -0.39 is 0 Å². The fraction of sp³-hybridized carbons (Fsp3) is 0.562. The first-order valence-corrected chi connectivity index (χ1v) is 7.63. The standard InChI is InChI=1S/C16H21N3O/c17-13-4-3-12-11-18-19(15(12)9-13)14-5-8-20-16(10-14)6-1-2-7-16/h3-4,9,11,14H,1-2,5-8,10,17H2. The quantitative estimate of drug-likeness (QED) is 0.810. The molecule has 1 aliphatic carbocycles. The smallest absolute Gasteiger partial charge is 0.0706 e. The van der Waals surface area contributed by atoms with Crippen LogP contribution in [0, 0.1) is 0 Å². The van der Waals surface area contributed by atoms with Crippen molar-refractivity contribution >= 4 is 16.6 Å². The number of ether oxygens (including phenoxy) is 1. The number of anilines is 1. The molecule has 2 fully saturated rings. The Balaban J connectivity index is 1.70. The van der Waals surface area contributed by atoms with E-state index in [1.807, 2.05) is 18.3 Å². The number of rotatable bonds is 1. The minimum Gasteiger partial charge on any atom is -0.399 e. The Morgan fingerprint density at radius 3 is 3.00 bits per heavy atom. The van der Waals surface area contributed by atoms with Crippen LogP contribution in [-0.2, 0) is 4.74 Å². The van der Waals surface area contributed by atoms with Crippen molar-refractivity contribution in [2.75, 3.05) is 12.3 Å². The Bertz CT molecular complexity index is 628. The van der Waals surface area contributed by atoms with Crippen molar-refractivity contribution in [2.45, 2.75) is 50.2 Å². The molecule has 1 atom stereocenters. The highest BCUT2D eigenvalue weighted by Gasteiger charge is 2.40. The van der Waals surface area contributed by atoms with Gasteiger partial charge in [-0.2, -0.15) is 5.10 Å². The zero-order valence-electron chi connectivity index (χ0n) is 11.7. The largest absolute Gasteiger partial charge is 0.399 e. The van der Waals surface area contributed by atoms with Gasteiger partial charge in [-0.15, -0.1) is 0 Å². The Hall–Kier alpha value is -1.55. The summed E-state index contributed by atoms with van der Waals surface area (Å²) in [6, 6.07) is 6.48. The molecule has 1 spiro atoms. The van der Waals surface area contributed by atoms with Gasteiger partial charge in [0.25, 0.3) is 0 Å². The molecule has 2 aromatic rings. The van der Waals surface area contributed by atoms with Gasteiger partial charge in [-0.25, -0.2) is 0 Å². The summed E-state index contributed by atoms with van der Waals surface area (Å²) >= 11 is 0. The lowest BCUT2D eigenvalue weighted by molar-refractivity contribution is -0.0904. The number of hydrogen-bond donors (Lipinski definition) is 1. The highest BCUT2D eigenvalue weighted by molar-refractivity contribution is 5.81. The summed E-state index contributed by atoms with van der Waals surface area (Å²) in [6.45, 7) is 0.855. The van der Waals surface area contributed by atoms with Gasteiger partial charge in [0.2, 0.25) is 0 Å². The number of nitrogens with zero attached hydrogens (tertiary/aromatic N) is 2. The maximum atomic E-state index is 6.12. The van der Waals surface area contributed by atoms with E-state index in [9.17, 15) is 0 Å². The molecular weight excluding hydrogens is 250 g/mol. The van der Waals surface area contributed by atoms with Crippen LogP contribution >= 0.6 is 0 Å². The normalized spacial score (nSPS) is 25.5. The third-order valence-corrected chi connectivity index (χ3v) is 4.95. The van der Waals surface area contributed by atoms with Crippen LogP contribution in [0.25, 0.3) is 10.9 Å². The third kappa shape index (κ3) is 1.90. The van der Waals surface area contributed by atoms with Gasteiger partial charge in [0.15, 0.2) is 0 Å². The van der Waals surface area contributed by atoms with Crippen molar-refractivity contribution in [3.8, 4) is 0 Å². The van der Waals surface area contributed by atoms with Gasteiger partial charge in [0, 0.05) is 17.7 Å². The van der Waals surface area contributed by atoms with Crippen molar-refractivity contribution in [1.29, 1.82) is 0 Å². The maximum absolute atomic E-state index is 6.12. The minimum absolute atomic E-state index is 0.127. The van der Waals surface area contributed by atoms with E-state index in [-0.39, 0.29) is 5.60 Å². The summed E-state index contributed by atoms with van der Waals surface area (Å²) in [5.74, 6) is 0. The van der Waals surface area contributed by atoms with Crippen LogP contribution in [0.15, 0.2) is 24.4 Å². The van der Waals surface area contributed by atoms with Gasteiger partial charge < -0.3 is 10.5 Å². The first-order chi connectivity index (χ1) is 9.76. The molecule has 0 radical (unpaired) electrons. The number of benzene rings is 1. The van der Waals surface area contributed by atoms with Crippen molar-refractivity contribution in [3.63, 3.8) is 0 Å². The Morgan fingerprint density at radius 1 is 1.30 bits per heavy atom. The topological polar surface area (TPSA) is 53.1 Å². The molecule has 0 amide bonds. The lowest BCUT2D eigenvalue weighted by Gasteiger charge is -2.38. The first-order valence-electron chi connectivity index (χ1n) is 7.63. The number of aromatic nitrogens is 2. The average molecular weight is 271 g/mol. The van der Waals surface area contributed by atoms with E-state index >= 15 is 0 Å². The SMILES string of the molecule is Nc1ccc2cnn(C3CCOC4(CCCC4)C3)c2c1. The van der Waals surface area contributed by atoms with Crippen LogP contribution in [0.2, 0.25) is 0 Å².